The summed E-state index contributed by atoms with van der Waals surface area (Å²) in [5.41, 5.74) is -1.94. The van der Waals surface area contributed by atoms with Crippen molar-refractivity contribution in [2.24, 2.45) is 0 Å². The smallest absolute Gasteiger partial charge is 0.167 e. The molecule has 0 aromatic heterocycles. The molecular formula is C20H12F6. The topological polar surface area (TPSA) is 0 Å². The third-order valence-corrected chi connectivity index (χ3v) is 4.21. The van der Waals surface area contributed by atoms with Crippen LogP contribution in [0.4, 0.5) is 26.3 Å². The zero-order valence-electron chi connectivity index (χ0n) is 13.7. The minimum Gasteiger partial charge on any atom is -0.203 e. The van der Waals surface area contributed by atoms with E-state index in [0.717, 1.165) is 24.3 Å². The molecule has 134 valence electrons. The van der Waals surface area contributed by atoms with Crippen molar-refractivity contribution < 1.29 is 26.3 Å². The summed E-state index contributed by atoms with van der Waals surface area (Å²) in [4.78, 5) is 0. The molecule has 3 aromatic rings. The number of hydrogen-bond acceptors (Lipinski definition) is 0. The van der Waals surface area contributed by atoms with Crippen molar-refractivity contribution in [3.05, 3.63) is 82.4 Å². The molecule has 0 fully saturated rings. The zero-order chi connectivity index (χ0) is 19.2. The molecule has 0 radical (unpaired) electrons. The summed E-state index contributed by atoms with van der Waals surface area (Å²) in [6.45, 7) is 2.66. The van der Waals surface area contributed by atoms with Crippen molar-refractivity contribution in [3.63, 3.8) is 0 Å². The van der Waals surface area contributed by atoms with E-state index in [0.29, 0.717) is 0 Å². The summed E-state index contributed by atoms with van der Waals surface area (Å²) in [7, 11) is 0. The van der Waals surface area contributed by atoms with Crippen LogP contribution in [0.5, 0.6) is 0 Å². The van der Waals surface area contributed by atoms with E-state index in [1.165, 1.54) is 26.0 Å². The summed E-state index contributed by atoms with van der Waals surface area (Å²) < 4.78 is 84.5. The van der Waals surface area contributed by atoms with Gasteiger partial charge >= 0.3 is 0 Å². The van der Waals surface area contributed by atoms with Gasteiger partial charge in [0, 0.05) is 22.3 Å². The van der Waals surface area contributed by atoms with E-state index in [9.17, 15) is 26.3 Å². The van der Waals surface area contributed by atoms with Crippen LogP contribution in [0.25, 0.3) is 22.3 Å². The van der Waals surface area contributed by atoms with Gasteiger partial charge in [0.25, 0.3) is 0 Å². The van der Waals surface area contributed by atoms with E-state index in [1.54, 1.807) is 0 Å². The monoisotopic (exact) mass is 366 g/mol. The molecule has 0 heterocycles. The number of rotatable bonds is 2. The lowest BCUT2D eigenvalue weighted by atomic mass is 9.96. The Bertz CT molecular complexity index is 941. The fourth-order valence-corrected chi connectivity index (χ4v) is 2.67. The van der Waals surface area contributed by atoms with Gasteiger partial charge in [0.1, 0.15) is 0 Å². The maximum absolute atomic E-state index is 14.5. The van der Waals surface area contributed by atoms with Gasteiger partial charge in [-0.15, -0.1) is 0 Å². The van der Waals surface area contributed by atoms with E-state index in [1.807, 2.05) is 0 Å². The highest BCUT2D eigenvalue weighted by Gasteiger charge is 2.22. The minimum absolute atomic E-state index is 0.0148. The van der Waals surface area contributed by atoms with Crippen LogP contribution in [-0.4, -0.2) is 0 Å². The van der Waals surface area contributed by atoms with Gasteiger partial charge in [-0.05, 0) is 25.0 Å². The molecule has 3 rings (SSSR count). The predicted molar refractivity (Wildman–Crippen MR) is 86.5 cm³/mol. The molecule has 0 aliphatic rings. The third kappa shape index (κ3) is 2.75. The Balaban J connectivity index is 2.20. The minimum atomic E-state index is -1.48. The number of aryl methyl sites for hydroxylation is 2. The molecule has 26 heavy (non-hydrogen) atoms. The lowest BCUT2D eigenvalue weighted by Crippen LogP contribution is -2.00. The third-order valence-electron chi connectivity index (χ3n) is 4.21. The van der Waals surface area contributed by atoms with Gasteiger partial charge in [0.2, 0.25) is 0 Å². The van der Waals surface area contributed by atoms with E-state index in [-0.39, 0.29) is 11.1 Å². The Morgan fingerprint density at radius 1 is 0.385 bits per heavy atom. The summed E-state index contributed by atoms with van der Waals surface area (Å²) in [5.74, 6) is -7.93. The predicted octanol–water partition coefficient (Wildman–Crippen LogP) is 6.47. The summed E-state index contributed by atoms with van der Waals surface area (Å²) in [6, 6.07) is 6.70. The lowest BCUT2D eigenvalue weighted by Gasteiger charge is -2.12. The van der Waals surface area contributed by atoms with Gasteiger partial charge in [-0.2, -0.15) is 0 Å². The Kier molecular flexibility index (Phi) is 4.52. The Labute approximate surface area is 145 Å². The number of benzene rings is 3. The second kappa shape index (κ2) is 6.52. The summed E-state index contributed by atoms with van der Waals surface area (Å²) in [6.07, 6.45) is 0. The van der Waals surface area contributed by atoms with Gasteiger partial charge in [-0.3, -0.25) is 0 Å². The Morgan fingerprint density at radius 2 is 0.615 bits per heavy atom. The largest absolute Gasteiger partial charge is 0.203 e. The van der Waals surface area contributed by atoms with E-state index in [2.05, 4.69) is 0 Å². The molecule has 0 amide bonds. The van der Waals surface area contributed by atoms with Crippen LogP contribution < -0.4 is 0 Å². The molecule has 0 bridgehead atoms. The van der Waals surface area contributed by atoms with Gasteiger partial charge in [0.05, 0.1) is 0 Å². The van der Waals surface area contributed by atoms with Crippen molar-refractivity contribution >= 4 is 0 Å². The highest BCUT2D eigenvalue weighted by Crippen LogP contribution is 2.35. The quantitative estimate of drug-likeness (QED) is 0.456. The maximum Gasteiger partial charge on any atom is 0.167 e. The van der Waals surface area contributed by atoms with E-state index < -0.39 is 57.2 Å². The molecule has 0 atom stereocenters. The molecule has 0 nitrogen and oxygen atoms in total. The first-order valence-corrected chi connectivity index (χ1v) is 7.62. The van der Waals surface area contributed by atoms with Crippen LogP contribution in [0, 0.1) is 48.8 Å². The zero-order valence-corrected chi connectivity index (χ0v) is 13.7. The van der Waals surface area contributed by atoms with Crippen LogP contribution in [0.2, 0.25) is 0 Å². The molecule has 0 unspecified atom stereocenters. The normalized spacial score (nSPS) is 11.1. The first-order chi connectivity index (χ1) is 12.2. The van der Waals surface area contributed by atoms with Crippen LogP contribution in [0.3, 0.4) is 0 Å². The molecule has 0 saturated heterocycles. The second-order valence-electron chi connectivity index (χ2n) is 5.90. The molecule has 6 heteroatoms. The van der Waals surface area contributed by atoms with Crippen molar-refractivity contribution in [2.45, 2.75) is 13.8 Å². The van der Waals surface area contributed by atoms with Crippen molar-refractivity contribution in [1.29, 1.82) is 0 Å². The lowest BCUT2D eigenvalue weighted by molar-refractivity contribution is 0.495. The van der Waals surface area contributed by atoms with Crippen LogP contribution >= 0.6 is 0 Å². The molecule has 0 aliphatic heterocycles. The highest BCUT2D eigenvalue weighted by molar-refractivity contribution is 5.72. The molecule has 0 saturated carbocycles. The van der Waals surface area contributed by atoms with E-state index in [4.69, 9.17) is 0 Å². The Hall–Kier alpha value is -2.76. The van der Waals surface area contributed by atoms with Gasteiger partial charge in [0.15, 0.2) is 34.9 Å². The second-order valence-corrected chi connectivity index (χ2v) is 5.90. The highest BCUT2D eigenvalue weighted by atomic mass is 19.2. The van der Waals surface area contributed by atoms with Crippen molar-refractivity contribution in [1.82, 2.24) is 0 Å². The van der Waals surface area contributed by atoms with Crippen molar-refractivity contribution in [3.8, 4) is 22.3 Å². The fraction of sp³-hybridized carbons (Fsp3) is 0.100. The number of hydrogen-bond donors (Lipinski definition) is 0. The standard InChI is InChI=1S/C20H12F6/c1-9-3-5-11(17(23)15(9)21)13-7-8-14(20(26)19(13)25)12-6-4-10(2)16(22)18(12)24/h3-8H,1-2H3. The van der Waals surface area contributed by atoms with Crippen LogP contribution in [-0.2, 0) is 0 Å². The summed E-state index contributed by atoms with van der Waals surface area (Å²) >= 11 is 0. The van der Waals surface area contributed by atoms with E-state index >= 15 is 0 Å². The van der Waals surface area contributed by atoms with Gasteiger partial charge in [-0.1, -0.05) is 36.4 Å². The summed E-state index contributed by atoms with van der Waals surface area (Å²) in [5, 5.41) is 0. The average Bonchev–Trinajstić information content (AvgIpc) is 2.62. The first kappa shape index (κ1) is 18.0. The maximum atomic E-state index is 14.5. The van der Waals surface area contributed by atoms with Gasteiger partial charge < -0.3 is 0 Å². The fourth-order valence-electron chi connectivity index (χ4n) is 2.67. The average molecular weight is 366 g/mol. The molecular weight excluding hydrogens is 354 g/mol. The van der Waals surface area contributed by atoms with Crippen LogP contribution in [0.15, 0.2) is 36.4 Å². The number of halogens is 6. The first-order valence-electron chi connectivity index (χ1n) is 7.62. The molecule has 3 aromatic carbocycles. The SMILES string of the molecule is Cc1ccc(-c2ccc(-c3ccc(C)c(F)c3F)c(F)c2F)c(F)c1F. The Morgan fingerprint density at radius 3 is 0.923 bits per heavy atom. The van der Waals surface area contributed by atoms with Gasteiger partial charge in [-0.25, -0.2) is 26.3 Å². The molecule has 0 spiro atoms. The molecule has 0 aliphatic carbocycles. The van der Waals surface area contributed by atoms with Crippen molar-refractivity contribution in [2.75, 3.05) is 0 Å². The van der Waals surface area contributed by atoms with Crippen LogP contribution in [0.1, 0.15) is 11.1 Å². The molecule has 0 N–H and O–H groups in total.